The van der Waals surface area contributed by atoms with Crippen molar-refractivity contribution in [1.82, 2.24) is 4.98 Å². The van der Waals surface area contributed by atoms with Crippen LogP contribution >= 0.6 is 0 Å². The quantitative estimate of drug-likeness (QED) is 0.346. The Labute approximate surface area is 155 Å². The van der Waals surface area contributed by atoms with Crippen LogP contribution < -0.4 is 9.81 Å². The van der Waals surface area contributed by atoms with E-state index in [1.807, 2.05) is 0 Å². The lowest BCUT2D eigenvalue weighted by molar-refractivity contribution is -0.396. The van der Waals surface area contributed by atoms with Gasteiger partial charge < -0.3 is 8.60 Å². The number of nitro groups is 2. The van der Waals surface area contributed by atoms with Gasteiger partial charge in [-0.05, 0) is 25.1 Å². The topological polar surface area (TPSA) is 173 Å². The molecule has 0 amide bonds. The van der Waals surface area contributed by atoms with Crippen molar-refractivity contribution in [1.29, 1.82) is 0 Å². The summed E-state index contributed by atoms with van der Waals surface area (Å²) < 4.78 is 34.8. The van der Waals surface area contributed by atoms with E-state index in [2.05, 4.69) is 4.98 Å². The lowest BCUT2D eigenvalue weighted by atomic mass is 10.3. The van der Waals surface area contributed by atoms with E-state index in [4.69, 9.17) is 8.60 Å². The summed E-state index contributed by atoms with van der Waals surface area (Å²) in [5.74, 6) is -0.297. The van der Waals surface area contributed by atoms with E-state index in [0.29, 0.717) is 12.1 Å². The van der Waals surface area contributed by atoms with Crippen molar-refractivity contribution >= 4 is 32.6 Å². The van der Waals surface area contributed by atoms with Crippen LogP contribution in [0.1, 0.15) is 5.69 Å². The molecular weight excluding hydrogens is 398 g/mol. The van der Waals surface area contributed by atoms with Gasteiger partial charge in [-0.2, -0.15) is 8.42 Å². The average molecular weight is 407 g/mol. The molecule has 13 heteroatoms. The molecule has 0 radical (unpaired) electrons. The summed E-state index contributed by atoms with van der Waals surface area (Å²) in [5.41, 5.74) is -2.07. The average Bonchev–Trinajstić information content (AvgIpc) is 2.62. The molecule has 28 heavy (non-hydrogen) atoms. The Morgan fingerprint density at radius 3 is 2.43 bits per heavy atom. The molecule has 0 bridgehead atoms. The fourth-order valence-corrected chi connectivity index (χ4v) is 3.34. The SMILES string of the molecule is Cc1nc2ccc(OS(=O)(=O)c3ccc([N+](=O)[O-])cc3[N+](=O)[O-])cc2oc1=O. The molecule has 0 N–H and O–H groups in total. The predicted molar refractivity (Wildman–Crippen MR) is 92.6 cm³/mol. The van der Waals surface area contributed by atoms with Crippen molar-refractivity contribution in [2.75, 3.05) is 0 Å². The minimum absolute atomic E-state index is 0.0542. The molecule has 0 saturated carbocycles. The van der Waals surface area contributed by atoms with E-state index < -0.39 is 41.9 Å². The Kier molecular flexibility index (Phi) is 4.52. The van der Waals surface area contributed by atoms with Crippen LogP contribution in [0, 0.1) is 27.2 Å². The van der Waals surface area contributed by atoms with Gasteiger partial charge in [-0.1, -0.05) is 0 Å². The summed E-state index contributed by atoms with van der Waals surface area (Å²) >= 11 is 0. The molecule has 0 atom stereocenters. The molecule has 144 valence electrons. The number of benzene rings is 2. The smallest absolute Gasteiger partial charge is 0.357 e. The van der Waals surface area contributed by atoms with Crippen molar-refractivity contribution in [3.8, 4) is 5.75 Å². The minimum atomic E-state index is -4.72. The molecule has 0 aliphatic rings. The van der Waals surface area contributed by atoms with Crippen molar-refractivity contribution in [3.63, 3.8) is 0 Å². The van der Waals surface area contributed by atoms with Gasteiger partial charge >= 0.3 is 15.7 Å². The summed E-state index contributed by atoms with van der Waals surface area (Å²) in [7, 11) is -4.72. The lowest BCUT2D eigenvalue weighted by Gasteiger charge is -2.08. The number of aromatic nitrogens is 1. The predicted octanol–water partition coefficient (Wildman–Crippen LogP) is 2.08. The van der Waals surface area contributed by atoms with Crippen molar-refractivity contribution in [2.24, 2.45) is 0 Å². The fraction of sp³-hybridized carbons (Fsp3) is 0.0667. The molecular formula is C15H9N3O9S. The second-order valence-corrected chi connectivity index (χ2v) is 6.93. The highest BCUT2D eigenvalue weighted by Crippen LogP contribution is 2.31. The first kappa shape index (κ1) is 18.9. The van der Waals surface area contributed by atoms with Gasteiger partial charge in [0.15, 0.2) is 10.5 Å². The molecule has 1 aromatic heterocycles. The highest BCUT2D eigenvalue weighted by atomic mass is 32.2. The number of hydrogen-bond donors (Lipinski definition) is 0. The largest absolute Gasteiger partial charge is 0.420 e. The van der Waals surface area contributed by atoms with Crippen molar-refractivity contribution in [2.45, 2.75) is 11.8 Å². The molecule has 0 unspecified atom stereocenters. The summed E-state index contributed by atoms with van der Waals surface area (Å²) in [6.45, 7) is 1.44. The van der Waals surface area contributed by atoms with Crippen LogP contribution in [-0.2, 0) is 10.1 Å². The first-order chi connectivity index (χ1) is 13.1. The number of aryl methyl sites for hydroxylation is 1. The molecule has 0 fully saturated rings. The first-order valence-electron chi connectivity index (χ1n) is 7.37. The number of rotatable bonds is 5. The second kappa shape index (κ2) is 6.70. The van der Waals surface area contributed by atoms with Crippen LogP contribution in [0.4, 0.5) is 11.4 Å². The monoisotopic (exact) mass is 407 g/mol. The maximum Gasteiger partial charge on any atom is 0.357 e. The zero-order valence-corrected chi connectivity index (χ0v) is 14.7. The number of nitro benzene ring substituents is 2. The van der Waals surface area contributed by atoms with E-state index in [1.54, 1.807) is 0 Å². The molecule has 3 aromatic rings. The number of hydrogen-bond acceptors (Lipinski definition) is 10. The normalized spacial score (nSPS) is 11.3. The summed E-state index contributed by atoms with van der Waals surface area (Å²) in [5, 5.41) is 21.9. The lowest BCUT2D eigenvalue weighted by Crippen LogP contribution is -2.12. The Morgan fingerprint density at radius 2 is 1.79 bits per heavy atom. The molecule has 2 aromatic carbocycles. The van der Waals surface area contributed by atoms with E-state index in [-0.39, 0.29) is 22.5 Å². The van der Waals surface area contributed by atoms with Gasteiger partial charge in [0.1, 0.15) is 17.0 Å². The summed E-state index contributed by atoms with van der Waals surface area (Å²) in [4.78, 5) is 34.6. The molecule has 0 spiro atoms. The van der Waals surface area contributed by atoms with Gasteiger partial charge in [-0.3, -0.25) is 20.2 Å². The Morgan fingerprint density at radius 1 is 1.07 bits per heavy atom. The maximum absolute atomic E-state index is 12.5. The third kappa shape index (κ3) is 3.50. The third-order valence-electron chi connectivity index (χ3n) is 3.54. The van der Waals surface area contributed by atoms with Gasteiger partial charge in [0, 0.05) is 12.1 Å². The van der Waals surface area contributed by atoms with E-state index in [0.717, 1.165) is 12.1 Å². The number of fused-ring (bicyclic) bond motifs is 1. The molecule has 12 nitrogen and oxygen atoms in total. The number of nitrogens with zero attached hydrogens (tertiary/aromatic N) is 3. The standard InChI is InChI=1S/C15H9N3O9S/c1-8-15(19)26-13-7-10(3-4-11(13)16-8)27-28(24,25)14-5-2-9(17(20)21)6-12(14)18(22)23/h2-7H,1H3. The van der Waals surface area contributed by atoms with Crippen molar-refractivity contribution < 1.29 is 26.9 Å². The Bertz CT molecular complexity index is 1300. The van der Waals surface area contributed by atoms with Gasteiger partial charge in [0.05, 0.1) is 15.9 Å². The van der Waals surface area contributed by atoms with Crippen LogP contribution in [0.2, 0.25) is 0 Å². The Balaban J connectivity index is 2.06. The van der Waals surface area contributed by atoms with Gasteiger partial charge in [-0.25, -0.2) is 9.78 Å². The van der Waals surface area contributed by atoms with Crippen LogP contribution in [0.5, 0.6) is 5.75 Å². The molecule has 3 rings (SSSR count). The zero-order valence-electron chi connectivity index (χ0n) is 13.9. The third-order valence-corrected chi connectivity index (χ3v) is 4.84. The summed E-state index contributed by atoms with van der Waals surface area (Å²) in [6.07, 6.45) is 0. The number of non-ortho nitro benzene ring substituents is 1. The molecule has 0 aliphatic heterocycles. The maximum atomic E-state index is 12.5. The zero-order chi connectivity index (χ0) is 20.6. The second-order valence-electron chi connectivity index (χ2n) is 5.42. The van der Waals surface area contributed by atoms with Crippen LogP contribution in [0.3, 0.4) is 0 Å². The molecule has 1 heterocycles. The van der Waals surface area contributed by atoms with E-state index in [9.17, 15) is 33.4 Å². The highest BCUT2D eigenvalue weighted by Gasteiger charge is 2.30. The van der Waals surface area contributed by atoms with Crippen LogP contribution in [0.25, 0.3) is 11.1 Å². The van der Waals surface area contributed by atoms with Crippen LogP contribution in [0.15, 0.2) is 50.5 Å². The first-order valence-corrected chi connectivity index (χ1v) is 8.78. The van der Waals surface area contributed by atoms with Crippen LogP contribution in [-0.4, -0.2) is 23.2 Å². The van der Waals surface area contributed by atoms with Crippen molar-refractivity contribution in [3.05, 3.63) is 72.7 Å². The highest BCUT2D eigenvalue weighted by molar-refractivity contribution is 7.87. The fourth-order valence-electron chi connectivity index (χ4n) is 2.27. The molecule has 0 saturated heterocycles. The Hall–Kier alpha value is -3.87. The van der Waals surface area contributed by atoms with Gasteiger partial charge in [0.2, 0.25) is 0 Å². The van der Waals surface area contributed by atoms with E-state index >= 15 is 0 Å². The van der Waals surface area contributed by atoms with E-state index in [1.165, 1.54) is 19.1 Å². The van der Waals surface area contributed by atoms with Gasteiger partial charge in [-0.15, -0.1) is 0 Å². The van der Waals surface area contributed by atoms with Gasteiger partial charge in [0.25, 0.3) is 11.4 Å². The summed E-state index contributed by atoms with van der Waals surface area (Å²) in [6, 6.07) is 5.65. The molecule has 0 aliphatic carbocycles. The minimum Gasteiger partial charge on any atom is -0.420 e.